The molecular weight excluding hydrogens is 264 g/mol. The van der Waals surface area contributed by atoms with E-state index < -0.39 is 5.97 Å². The molecule has 1 aromatic carbocycles. The Morgan fingerprint density at radius 1 is 1.53 bits per heavy atom. The minimum absolute atomic E-state index is 0.137. The molecule has 2 heterocycles. The van der Waals surface area contributed by atoms with Crippen LogP contribution in [0.1, 0.15) is 16.1 Å². The monoisotopic (exact) mass is 276 g/mol. The first kappa shape index (κ1) is 12.1. The van der Waals surface area contributed by atoms with E-state index in [1.54, 1.807) is 30.6 Å². The molecule has 0 saturated heterocycles. The number of methoxy groups -OCH3 is 1. The smallest absolute Gasteiger partial charge is 0.356 e. The Bertz CT molecular complexity index is 679. The lowest BCUT2D eigenvalue weighted by atomic mass is 10.1. The maximum atomic E-state index is 11.2. The topological polar surface area (TPSA) is 64.3 Å². The fourth-order valence-electron chi connectivity index (χ4n) is 2.37. The van der Waals surface area contributed by atoms with Gasteiger partial charge in [-0.1, -0.05) is 12.1 Å². The van der Waals surface area contributed by atoms with Gasteiger partial charge in [-0.2, -0.15) is 5.10 Å². The molecule has 0 fully saturated rings. The van der Waals surface area contributed by atoms with Crippen LogP contribution in [-0.2, 0) is 12.8 Å². The van der Waals surface area contributed by atoms with E-state index in [-0.39, 0.29) is 5.69 Å². The van der Waals surface area contributed by atoms with Gasteiger partial charge in [0.05, 0.1) is 17.7 Å². The van der Waals surface area contributed by atoms with Crippen LogP contribution in [-0.4, -0.2) is 28.0 Å². The lowest BCUT2D eigenvalue weighted by molar-refractivity contribution is 0.0689. The molecule has 0 bridgehead atoms. The quantitative estimate of drug-likeness (QED) is 0.912. The van der Waals surface area contributed by atoms with E-state index in [4.69, 9.17) is 4.74 Å². The number of hydrogen-bond acceptors (Lipinski definition) is 4. The first-order valence-electron chi connectivity index (χ1n) is 5.72. The van der Waals surface area contributed by atoms with E-state index >= 15 is 0 Å². The standard InChI is InChI=1S/C13H12N2O3S/c1-15-11-7-4-3-5-9(18-2)12(7)19-6-8(11)10(14-15)13(16)17/h3-5H,6H2,1-2H3,(H,16,17). The first-order chi connectivity index (χ1) is 9.13. The van der Waals surface area contributed by atoms with Gasteiger partial charge in [0.1, 0.15) is 5.75 Å². The van der Waals surface area contributed by atoms with Gasteiger partial charge in [-0.15, -0.1) is 11.8 Å². The number of carboxylic acid groups (broad SMARTS) is 1. The Labute approximate surface area is 114 Å². The van der Waals surface area contributed by atoms with Crippen molar-refractivity contribution in [1.82, 2.24) is 9.78 Å². The Kier molecular flexibility index (Phi) is 2.74. The van der Waals surface area contributed by atoms with Crippen molar-refractivity contribution in [2.45, 2.75) is 10.6 Å². The minimum atomic E-state index is -0.983. The van der Waals surface area contributed by atoms with Gasteiger partial charge in [0.25, 0.3) is 0 Å². The first-order valence-corrected chi connectivity index (χ1v) is 6.71. The Morgan fingerprint density at radius 2 is 2.32 bits per heavy atom. The van der Waals surface area contributed by atoms with Gasteiger partial charge in [-0.05, 0) is 6.07 Å². The summed E-state index contributed by atoms with van der Waals surface area (Å²) in [5.41, 5.74) is 2.76. The van der Waals surface area contributed by atoms with Gasteiger partial charge < -0.3 is 9.84 Å². The third-order valence-electron chi connectivity index (χ3n) is 3.16. The SMILES string of the molecule is COc1cccc2c1SCc1c(C(=O)O)nn(C)c1-2. The van der Waals surface area contributed by atoms with Crippen LogP contribution < -0.4 is 4.74 Å². The predicted molar refractivity (Wildman–Crippen MR) is 71.7 cm³/mol. The summed E-state index contributed by atoms with van der Waals surface area (Å²) < 4.78 is 6.99. The van der Waals surface area contributed by atoms with E-state index in [0.29, 0.717) is 5.75 Å². The van der Waals surface area contributed by atoms with Gasteiger partial charge in [0.2, 0.25) is 0 Å². The number of hydrogen-bond donors (Lipinski definition) is 1. The highest BCUT2D eigenvalue weighted by molar-refractivity contribution is 7.98. The molecule has 1 aromatic heterocycles. The van der Waals surface area contributed by atoms with Crippen molar-refractivity contribution in [3.63, 3.8) is 0 Å². The predicted octanol–water partition coefficient (Wildman–Crippen LogP) is 2.40. The summed E-state index contributed by atoms with van der Waals surface area (Å²) in [6.07, 6.45) is 0. The molecule has 1 aliphatic rings. The third kappa shape index (κ3) is 1.71. The Morgan fingerprint density at radius 3 is 3.00 bits per heavy atom. The van der Waals surface area contributed by atoms with E-state index in [2.05, 4.69) is 5.10 Å². The van der Waals surface area contributed by atoms with Gasteiger partial charge >= 0.3 is 5.97 Å². The van der Waals surface area contributed by atoms with Gasteiger partial charge in [-0.3, -0.25) is 4.68 Å². The number of rotatable bonds is 2. The number of aromatic nitrogens is 2. The van der Waals surface area contributed by atoms with Crippen LogP contribution in [0.25, 0.3) is 11.3 Å². The number of carbonyl (C=O) groups is 1. The summed E-state index contributed by atoms with van der Waals surface area (Å²) in [5.74, 6) is 0.424. The van der Waals surface area contributed by atoms with Crippen molar-refractivity contribution in [3.05, 3.63) is 29.5 Å². The molecule has 0 saturated carbocycles. The van der Waals surface area contributed by atoms with Crippen LogP contribution in [0, 0.1) is 0 Å². The molecule has 0 spiro atoms. The van der Waals surface area contributed by atoms with Crippen LogP contribution in [0.15, 0.2) is 23.1 Å². The molecule has 0 radical (unpaired) electrons. The average Bonchev–Trinajstić information content (AvgIpc) is 2.76. The van der Waals surface area contributed by atoms with Crippen LogP contribution in [0.5, 0.6) is 5.75 Å². The summed E-state index contributed by atoms with van der Waals surface area (Å²) in [5, 5.41) is 13.3. The zero-order chi connectivity index (χ0) is 13.6. The van der Waals surface area contributed by atoms with Gasteiger partial charge in [0, 0.05) is 23.9 Å². The highest BCUT2D eigenvalue weighted by atomic mass is 32.2. The van der Waals surface area contributed by atoms with E-state index in [1.165, 1.54) is 0 Å². The Balaban J connectivity index is 2.28. The number of fused-ring (bicyclic) bond motifs is 3. The van der Waals surface area contributed by atoms with Crippen LogP contribution >= 0.6 is 11.8 Å². The summed E-state index contributed by atoms with van der Waals surface area (Å²) in [4.78, 5) is 12.3. The number of aromatic carboxylic acids is 1. The maximum Gasteiger partial charge on any atom is 0.356 e. The highest BCUT2D eigenvalue weighted by Crippen LogP contribution is 2.46. The molecular formula is C13H12N2O3S. The second-order valence-electron chi connectivity index (χ2n) is 4.23. The number of aryl methyl sites for hydroxylation is 1. The summed E-state index contributed by atoms with van der Waals surface area (Å²) in [6, 6.07) is 5.78. The fourth-order valence-corrected chi connectivity index (χ4v) is 3.55. The van der Waals surface area contributed by atoms with Crippen molar-refractivity contribution < 1.29 is 14.6 Å². The lowest BCUT2D eigenvalue weighted by Gasteiger charge is -2.19. The molecule has 1 N–H and O–H groups in total. The van der Waals surface area contributed by atoms with Gasteiger partial charge in [-0.25, -0.2) is 4.79 Å². The Hall–Kier alpha value is -1.95. The van der Waals surface area contributed by atoms with E-state index in [1.807, 2.05) is 18.2 Å². The number of thioether (sulfide) groups is 1. The van der Waals surface area contributed by atoms with Crippen LogP contribution in [0.4, 0.5) is 0 Å². The fraction of sp³-hybridized carbons (Fsp3) is 0.231. The number of carboxylic acids is 1. The highest BCUT2D eigenvalue weighted by Gasteiger charge is 2.28. The molecule has 0 atom stereocenters. The van der Waals surface area contributed by atoms with Crippen molar-refractivity contribution in [2.75, 3.05) is 7.11 Å². The number of benzene rings is 1. The molecule has 19 heavy (non-hydrogen) atoms. The minimum Gasteiger partial charge on any atom is -0.496 e. The van der Waals surface area contributed by atoms with E-state index in [0.717, 1.165) is 27.5 Å². The number of nitrogens with zero attached hydrogens (tertiary/aromatic N) is 2. The lowest BCUT2D eigenvalue weighted by Crippen LogP contribution is -2.03. The van der Waals surface area contributed by atoms with Crippen LogP contribution in [0.3, 0.4) is 0 Å². The second kappa shape index (κ2) is 4.31. The molecule has 0 aliphatic carbocycles. The van der Waals surface area contributed by atoms with Crippen molar-refractivity contribution in [2.24, 2.45) is 7.05 Å². The zero-order valence-corrected chi connectivity index (χ0v) is 11.3. The molecule has 2 aromatic rings. The van der Waals surface area contributed by atoms with Crippen LogP contribution in [0.2, 0.25) is 0 Å². The molecule has 1 aliphatic heterocycles. The summed E-state index contributed by atoms with van der Waals surface area (Å²) in [7, 11) is 3.40. The summed E-state index contributed by atoms with van der Waals surface area (Å²) in [6.45, 7) is 0. The maximum absolute atomic E-state index is 11.2. The molecule has 6 heteroatoms. The molecule has 0 amide bonds. The van der Waals surface area contributed by atoms with E-state index in [9.17, 15) is 9.90 Å². The van der Waals surface area contributed by atoms with Crippen molar-refractivity contribution >= 4 is 17.7 Å². The normalized spacial score (nSPS) is 12.7. The molecule has 0 unspecified atom stereocenters. The number of ether oxygens (including phenoxy) is 1. The molecule has 3 rings (SSSR count). The van der Waals surface area contributed by atoms with Crippen molar-refractivity contribution in [1.29, 1.82) is 0 Å². The second-order valence-corrected chi connectivity index (χ2v) is 5.22. The summed E-state index contributed by atoms with van der Waals surface area (Å²) >= 11 is 1.59. The van der Waals surface area contributed by atoms with Gasteiger partial charge in [0.15, 0.2) is 5.69 Å². The zero-order valence-electron chi connectivity index (χ0n) is 10.5. The molecule has 98 valence electrons. The largest absolute Gasteiger partial charge is 0.496 e. The molecule has 5 nitrogen and oxygen atoms in total. The van der Waals surface area contributed by atoms with Crippen molar-refractivity contribution in [3.8, 4) is 17.0 Å². The third-order valence-corrected chi connectivity index (χ3v) is 4.31. The average molecular weight is 276 g/mol.